The molecule has 1 N–H and O–H groups in total. The van der Waals surface area contributed by atoms with Crippen LogP contribution < -0.4 is 14.8 Å². The molecule has 7 nitrogen and oxygen atoms in total. The van der Waals surface area contributed by atoms with E-state index in [9.17, 15) is 4.79 Å². The third kappa shape index (κ3) is 3.45. The molecule has 1 amide bonds. The summed E-state index contributed by atoms with van der Waals surface area (Å²) in [5.74, 6) is 1.68. The molecule has 0 radical (unpaired) electrons. The van der Waals surface area contributed by atoms with E-state index in [1.54, 1.807) is 36.0 Å². The van der Waals surface area contributed by atoms with Gasteiger partial charge in [-0.3, -0.25) is 4.79 Å². The number of fused-ring (bicyclic) bond motifs is 1. The van der Waals surface area contributed by atoms with Gasteiger partial charge in [0.1, 0.15) is 17.3 Å². The van der Waals surface area contributed by atoms with Crippen molar-refractivity contribution in [2.75, 3.05) is 19.0 Å². The van der Waals surface area contributed by atoms with Gasteiger partial charge in [-0.25, -0.2) is 9.50 Å². The smallest absolute Gasteiger partial charge is 0.262 e. The maximum absolute atomic E-state index is 12.1. The number of anilines is 1. The molecule has 0 aliphatic carbocycles. The van der Waals surface area contributed by atoms with Crippen LogP contribution >= 0.6 is 0 Å². The number of ether oxygens (including phenoxy) is 2. The van der Waals surface area contributed by atoms with Crippen molar-refractivity contribution in [1.82, 2.24) is 14.6 Å². The number of amides is 1. The third-order valence-electron chi connectivity index (χ3n) is 3.42. The summed E-state index contributed by atoms with van der Waals surface area (Å²) in [6, 6.07) is 8.96. The molecule has 0 atom stereocenters. The van der Waals surface area contributed by atoms with Gasteiger partial charge in [0.25, 0.3) is 5.91 Å². The summed E-state index contributed by atoms with van der Waals surface area (Å²) in [5, 5.41) is 7.06. The Morgan fingerprint density at radius 2 is 2.04 bits per heavy atom. The van der Waals surface area contributed by atoms with Crippen LogP contribution in [0.5, 0.6) is 11.5 Å². The summed E-state index contributed by atoms with van der Waals surface area (Å²) in [7, 11) is 1.58. The van der Waals surface area contributed by atoms with Crippen LogP contribution in [0.15, 0.2) is 36.5 Å². The first-order valence-corrected chi connectivity index (χ1v) is 7.45. The Bertz CT molecular complexity index is 889. The number of carbonyl (C=O) groups is 1. The molecule has 0 fully saturated rings. The average Bonchev–Trinajstić information content (AvgIpc) is 2.94. The second-order valence-corrected chi connectivity index (χ2v) is 5.35. The van der Waals surface area contributed by atoms with E-state index >= 15 is 0 Å². The number of hydrogen-bond acceptors (Lipinski definition) is 5. The molecule has 0 spiro atoms. The molecule has 0 aliphatic heterocycles. The van der Waals surface area contributed by atoms with E-state index in [4.69, 9.17) is 9.47 Å². The quantitative estimate of drug-likeness (QED) is 0.779. The molecule has 1 aromatic carbocycles. The maximum Gasteiger partial charge on any atom is 0.262 e. The highest BCUT2D eigenvalue weighted by atomic mass is 16.5. The number of pyridine rings is 1. The van der Waals surface area contributed by atoms with Crippen LogP contribution in [0, 0.1) is 13.8 Å². The first-order chi connectivity index (χ1) is 11.5. The zero-order chi connectivity index (χ0) is 17.1. The summed E-state index contributed by atoms with van der Waals surface area (Å²) < 4.78 is 12.3. The Hall–Kier alpha value is -3.09. The Morgan fingerprint density at radius 3 is 2.83 bits per heavy atom. The SMILES string of the molecule is COc1cccc(OCC(=O)Nc2cc(C)c3nc(C)nn3c2)c1. The molecular formula is C17H18N4O3. The normalized spacial score (nSPS) is 10.6. The molecule has 0 bridgehead atoms. The van der Waals surface area contributed by atoms with Crippen molar-refractivity contribution < 1.29 is 14.3 Å². The van der Waals surface area contributed by atoms with Gasteiger partial charge in [0.2, 0.25) is 0 Å². The van der Waals surface area contributed by atoms with Gasteiger partial charge in [0, 0.05) is 6.07 Å². The molecule has 124 valence electrons. The number of aromatic nitrogens is 3. The van der Waals surface area contributed by atoms with Crippen LogP contribution in [0.3, 0.4) is 0 Å². The fourth-order valence-corrected chi connectivity index (χ4v) is 2.36. The van der Waals surface area contributed by atoms with Crippen molar-refractivity contribution in [3.63, 3.8) is 0 Å². The first kappa shape index (κ1) is 15.8. The second kappa shape index (κ2) is 6.57. The first-order valence-electron chi connectivity index (χ1n) is 7.45. The lowest BCUT2D eigenvalue weighted by molar-refractivity contribution is -0.118. The van der Waals surface area contributed by atoms with Crippen molar-refractivity contribution >= 4 is 17.2 Å². The van der Waals surface area contributed by atoms with Crippen LogP contribution in [0.2, 0.25) is 0 Å². The number of hydrogen-bond donors (Lipinski definition) is 1. The number of nitrogens with zero attached hydrogens (tertiary/aromatic N) is 3. The molecule has 3 aromatic rings. The van der Waals surface area contributed by atoms with E-state index in [1.807, 2.05) is 26.0 Å². The minimum atomic E-state index is -0.256. The predicted molar refractivity (Wildman–Crippen MR) is 89.6 cm³/mol. The third-order valence-corrected chi connectivity index (χ3v) is 3.42. The maximum atomic E-state index is 12.1. The van der Waals surface area contributed by atoms with Gasteiger partial charge < -0.3 is 14.8 Å². The number of benzene rings is 1. The Kier molecular flexibility index (Phi) is 4.33. The van der Waals surface area contributed by atoms with Crippen LogP contribution in [-0.2, 0) is 4.79 Å². The predicted octanol–water partition coefficient (Wildman–Crippen LogP) is 2.37. The molecule has 0 unspecified atom stereocenters. The molecule has 0 aliphatic rings. The Balaban J connectivity index is 1.66. The average molecular weight is 326 g/mol. The van der Waals surface area contributed by atoms with Crippen molar-refractivity contribution in [3.05, 3.63) is 47.9 Å². The standard InChI is InChI=1S/C17H18N4O3/c1-11-7-13(9-21-17(11)18-12(2)20-21)19-16(22)10-24-15-6-4-5-14(8-15)23-3/h4-9H,10H2,1-3H3,(H,19,22). The van der Waals surface area contributed by atoms with Crippen LogP contribution in [0.4, 0.5) is 5.69 Å². The number of nitrogens with one attached hydrogen (secondary N) is 1. The molecule has 24 heavy (non-hydrogen) atoms. The van der Waals surface area contributed by atoms with Gasteiger partial charge in [-0.1, -0.05) is 6.07 Å². The number of carbonyl (C=O) groups excluding carboxylic acids is 1. The van der Waals surface area contributed by atoms with Crippen LogP contribution in [-0.4, -0.2) is 34.2 Å². The molecular weight excluding hydrogens is 308 g/mol. The van der Waals surface area contributed by atoms with Gasteiger partial charge in [-0.05, 0) is 37.6 Å². The van der Waals surface area contributed by atoms with Gasteiger partial charge in [-0.2, -0.15) is 5.10 Å². The Labute approximate surface area is 139 Å². The monoisotopic (exact) mass is 326 g/mol. The zero-order valence-corrected chi connectivity index (χ0v) is 13.7. The minimum Gasteiger partial charge on any atom is -0.497 e. The molecule has 0 saturated carbocycles. The molecule has 2 aromatic heterocycles. The summed E-state index contributed by atoms with van der Waals surface area (Å²) in [5.41, 5.74) is 2.35. The van der Waals surface area contributed by atoms with Gasteiger partial charge in [0.05, 0.1) is 19.0 Å². The van der Waals surface area contributed by atoms with E-state index in [0.717, 1.165) is 11.2 Å². The lowest BCUT2D eigenvalue weighted by Crippen LogP contribution is -2.20. The molecule has 2 heterocycles. The fourth-order valence-electron chi connectivity index (χ4n) is 2.36. The lowest BCUT2D eigenvalue weighted by atomic mass is 10.3. The van der Waals surface area contributed by atoms with Crippen molar-refractivity contribution in [1.29, 1.82) is 0 Å². The molecule has 3 rings (SSSR count). The van der Waals surface area contributed by atoms with E-state index in [0.29, 0.717) is 23.0 Å². The summed E-state index contributed by atoms with van der Waals surface area (Å²) in [6.07, 6.45) is 1.73. The van der Waals surface area contributed by atoms with E-state index < -0.39 is 0 Å². The summed E-state index contributed by atoms with van der Waals surface area (Å²) in [6.45, 7) is 3.65. The largest absolute Gasteiger partial charge is 0.497 e. The highest BCUT2D eigenvalue weighted by Gasteiger charge is 2.09. The van der Waals surface area contributed by atoms with Gasteiger partial charge in [0.15, 0.2) is 12.3 Å². The molecule has 7 heteroatoms. The van der Waals surface area contributed by atoms with E-state index in [1.165, 1.54) is 0 Å². The summed E-state index contributed by atoms with van der Waals surface area (Å²) in [4.78, 5) is 16.4. The number of rotatable bonds is 5. The number of methoxy groups -OCH3 is 1. The van der Waals surface area contributed by atoms with Crippen LogP contribution in [0.25, 0.3) is 5.65 Å². The zero-order valence-electron chi connectivity index (χ0n) is 13.7. The van der Waals surface area contributed by atoms with Crippen molar-refractivity contribution in [3.8, 4) is 11.5 Å². The second-order valence-electron chi connectivity index (χ2n) is 5.35. The lowest BCUT2D eigenvalue weighted by Gasteiger charge is -2.09. The van der Waals surface area contributed by atoms with Crippen molar-refractivity contribution in [2.45, 2.75) is 13.8 Å². The van der Waals surface area contributed by atoms with Crippen molar-refractivity contribution in [2.24, 2.45) is 0 Å². The van der Waals surface area contributed by atoms with Gasteiger partial charge >= 0.3 is 0 Å². The Morgan fingerprint density at radius 1 is 1.25 bits per heavy atom. The number of aryl methyl sites for hydroxylation is 2. The topological polar surface area (TPSA) is 77.8 Å². The van der Waals surface area contributed by atoms with E-state index in [2.05, 4.69) is 15.4 Å². The minimum absolute atomic E-state index is 0.0966. The fraction of sp³-hybridized carbons (Fsp3) is 0.235. The van der Waals surface area contributed by atoms with Crippen LogP contribution in [0.1, 0.15) is 11.4 Å². The molecule has 0 saturated heterocycles. The highest BCUT2D eigenvalue weighted by Crippen LogP contribution is 2.19. The van der Waals surface area contributed by atoms with Gasteiger partial charge in [-0.15, -0.1) is 0 Å². The highest BCUT2D eigenvalue weighted by molar-refractivity contribution is 5.92. The summed E-state index contributed by atoms with van der Waals surface area (Å²) >= 11 is 0. The van der Waals surface area contributed by atoms with E-state index in [-0.39, 0.29) is 12.5 Å².